The number of anilines is 1. The van der Waals surface area contributed by atoms with Crippen molar-refractivity contribution in [1.82, 2.24) is 15.0 Å². The van der Waals surface area contributed by atoms with Gasteiger partial charge in [-0.3, -0.25) is 4.79 Å². The van der Waals surface area contributed by atoms with Gasteiger partial charge in [-0.1, -0.05) is 25.3 Å². The van der Waals surface area contributed by atoms with Crippen LogP contribution in [0.25, 0.3) is 0 Å². The number of aliphatic carboxylic acids is 1. The minimum absolute atomic E-state index is 0.0810. The average molecular weight is 545 g/mol. The first kappa shape index (κ1) is 28.8. The first-order valence-corrected chi connectivity index (χ1v) is 13.4. The van der Waals surface area contributed by atoms with Gasteiger partial charge in [0.15, 0.2) is 6.10 Å². The number of carboxylic acids is 1. The summed E-state index contributed by atoms with van der Waals surface area (Å²) in [6.07, 6.45) is 3.10. The molecule has 5 N–H and O–H groups in total. The third-order valence-electron chi connectivity index (χ3n) is 7.21. The highest BCUT2D eigenvalue weighted by Gasteiger charge is 2.48. The van der Waals surface area contributed by atoms with Gasteiger partial charge in [0.2, 0.25) is 6.29 Å². The van der Waals surface area contributed by atoms with E-state index in [1.165, 1.54) is 11.9 Å². The number of hydrogen-bond acceptors (Lipinski definition) is 11. The molecule has 0 spiro atoms. The summed E-state index contributed by atoms with van der Waals surface area (Å²) in [6.45, 7) is 0.965. The Hall–Kier alpha value is -3.19. The summed E-state index contributed by atoms with van der Waals surface area (Å²) in [4.78, 5) is 36.9. The highest BCUT2D eigenvalue weighted by molar-refractivity contribution is 5.74. The van der Waals surface area contributed by atoms with Crippen molar-refractivity contribution < 1.29 is 39.5 Å². The SMILES string of the molecule is O=C(CC(CCCCCCc1ccc2c(n1)NCCC2)c1cncnc1)OC1OC(C(=O)O)C(O)C(O)C1O. The van der Waals surface area contributed by atoms with Crippen LogP contribution < -0.4 is 5.32 Å². The first-order valence-electron chi connectivity index (χ1n) is 13.4. The molecule has 39 heavy (non-hydrogen) atoms. The maximum atomic E-state index is 12.7. The van der Waals surface area contributed by atoms with Crippen LogP contribution in [0.4, 0.5) is 5.82 Å². The Labute approximate surface area is 226 Å². The predicted molar refractivity (Wildman–Crippen MR) is 138 cm³/mol. The molecule has 212 valence electrons. The molecule has 4 rings (SSSR count). The lowest BCUT2D eigenvalue weighted by Crippen LogP contribution is -2.60. The van der Waals surface area contributed by atoms with Crippen LogP contribution in [0.2, 0.25) is 0 Å². The van der Waals surface area contributed by atoms with E-state index in [1.54, 1.807) is 12.4 Å². The van der Waals surface area contributed by atoms with Gasteiger partial charge in [-0.2, -0.15) is 0 Å². The number of esters is 1. The van der Waals surface area contributed by atoms with Gasteiger partial charge < -0.3 is 35.2 Å². The Balaban J connectivity index is 1.26. The van der Waals surface area contributed by atoms with Crippen LogP contribution >= 0.6 is 0 Å². The monoisotopic (exact) mass is 544 g/mol. The number of pyridine rings is 1. The van der Waals surface area contributed by atoms with Crippen molar-refractivity contribution in [2.45, 2.75) is 94.4 Å². The molecular formula is C27H36N4O8. The Bertz CT molecular complexity index is 1100. The van der Waals surface area contributed by atoms with E-state index in [-0.39, 0.29) is 12.3 Å². The smallest absolute Gasteiger partial charge is 0.335 e. The van der Waals surface area contributed by atoms with Crippen molar-refractivity contribution in [2.24, 2.45) is 0 Å². The second kappa shape index (κ2) is 13.7. The minimum atomic E-state index is -1.86. The number of carboxylic acid groups (broad SMARTS) is 1. The highest BCUT2D eigenvalue weighted by atomic mass is 16.7. The number of aliphatic hydroxyl groups excluding tert-OH is 3. The molecule has 4 heterocycles. The molecule has 2 aromatic rings. The predicted octanol–water partition coefficient (Wildman–Crippen LogP) is 1.33. The fraction of sp³-hybridized carbons (Fsp3) is 0.593. The van der Waals surface area contributed by atoms with Crippen LogP contribution in [-0.2, 0) is 31.9 Å². The fourth-order valence-electron chi connectivity index (χ4n) is 4.99. The molecule has 6 atom stereocenters. The molecule has 0 aromatic carbocycles. The summed E-state index contributed by atoms with van der Waals surface area (Å²) in [5.41, 5.74) is 3.11. The topological polar surface area (TPSA) is 184 Å². The van der Waals surface area contributed by atoms with Crippen molar-refractivity contribution in [3.05, 3.63) is 47.7 Å². The standard InChI is InChI=1S/C27H36N4O8/c32-20(38-27-23(35)21(33)22(34)24(39-27)26(36)37)12-17(18-13-28-15-29-14-18)6-3-1-2-4-8-19-10-9-16-7-5-11-30-25(16)31-19/h9-10,13-15,17,21-24,27,33-35H,1-8,11-12H2,(H,30,31)(H,36,37). The number of unbranched alkanes of at least 4 members (excludes halogenated alkanes) is 3. The molecule has 0 saturated carbocycles. The summed E-state index contributed by atoms with van der Waals surface area (Å²) in [7, 11) is 0. The average Bonchev–Trinajstić information content (AvgIpc) is 2.94. The van der Waals surface area contributed by atoms with Crippen molar-refractivity contribution in [3.63, 3.8) is 0 Å². The molecule has 2 aliphatic rings. The largest absolute Gasteiger partial charge is 0.479 e. The van der Waals surface area contributed by atoms with Crippen LogP contribution in [0.3, 0.4) is 0 Å². The number of ether oxygens (including phenoxy) is 2. The van der Waals surface area contributed by atoms with Crippen LogP contribution in [-0.4, -0.2) is 84.6 Å². The number of fused-ring (bicyclic) bond motifs is 1. The number of aryl methyl sites for hydroxylation is 2. The summed E-state index contributed by atoms with van der Waals surface area (Å²) in [5, 5.41) is 42.5. The maximum absolute atomic E-state index is 12.7. The maximum Gasteiger partial charge on any atom is 0.335 e. The van der Waals surface area contributed by atoms with Crippen molar-refractivity contribution >= 4 is 17.8 Å². The van der Waals surface area contributed by atoms with Crippen LogP contribution in [0.1, 0.15) is 67.7 Å². The third-order valence-corrected chi connectivity index (χ3v) is 7.21. The van der Waals surface area contributed by atoms with Gasteiger partial charge in [0.25, 0.3) is 0 Å². The third kappa shape index (κ3) is 7.69. The lowest BCUT2D eigenvalue weighted by Gasteiger charge is -2.38. The number of nitrogens with one attached hydrogen (secondary N) is 1. The minimum Gasteiger partial charge on any atom is -0.479 e. The van der Waals surface area contributed by atoms with Gasteiger partial charge in [0.05, 0.1) is 6.42 Å². The molecule has 0 amide bonds. The quantitative estimate of drug-likeness (QED) is 0.191. The summed E-state index contributed by atoms with van der Waals surface area (Å²) in [5.74, 6) is -1.55. The molecule has 2 aliphatic heterocycles. The Morgan fingerprint density at radius 2 is 1.82 bits per heavy atom. The zero-order valence-electron chi connectivity index (χ0n) is 21.7. The number of carbonyl (C=O) groups excluding carboxylic acids is 1. The molecule has 0 radical (unpaired) electrons. The van der Waals surface area contributed by atoms with Crippen LogP contribution in [0.15, 0.2) is 30.9 Å². The number of rotatable bonds is 12. The van der Waals surface area contributed by atoms with Gasteiger partial charge in [-0.05, 0) is 55.2 Å². The Morgan fingerprint density at radius 3 is 2.59 bits per heavy atom. The lowest BCUT2D eigenvalue weighted by atomic mass is 9.92. The zero-order valence-corrected chi connectivity index (χ0v) is 21.7. The molecule has 12 nitrogen and oxygen atoms in total. The van der Waals surface area contributed by atoms with Gasteiger partial charge >= 0.3 is 11.9 Å². The molecule has 1 saturated heterocycles. The van der Waals surface area contributed by atoms with E-state index in [0.29, 0.717) is 6.42 Å². The van der Waals surface area contributed by atoms with Crippen LogP contribution in [0.5, 0.6) is 0 Å². The van der Waals surface area contributed by atoms with E-state index in [4.69, 9.17) is 14.5 Å². The summed E-state index contributed by atoms with van der Waals surface area (Å²) in [6, 6.07) is 4.27. The van der Waals surface area contributed by atoms with Crippen molar-refractivity contribution in [1.29, 1.82) is 0 Å². The van der Waals surface area contributed by atoms with Gasteiger partial charge in [-0.25, -0.2) is 19.7 Å². The molecule has 2 aromatic heterocycles. The fourth-order valence-corrected chi connectivity index (χ4v) is 4.99. The molecule has 1 fully saturated rings. The van der Waals surface area contributed by atoms with E-state index in [2.05, 4.69) is 27.4 Å². The Morgan fingerprint density at radius 1 is 1.05 bits per heavy atom. The van der Waals surface area contributed by atoms with Gasteiger partial charge in [-0.15, -0.1) is 0 Å². The number of aliphatic hydroxyl groups is 3. The second-order valence-corrected chi connectivity index (χ2v) is 10.1. The molecular weight excluding hydrogens is 508 g/mol. The van der Waals surface area contributed by atoms with Crippen LogP contribution in [0, 0.1) is 0 Å². The number of nitrogens with zero attached hydrogens (tertiary/aromatic N) is 3. The lowest BCUT2D eigenvalue weighted by molar-refractivity contribution is -0.286. The Kier molecular flexibility index (Phi) is 10.2. The van der Waals surface area contributed by atoms with E-state index < -0.39 is 42.6 Å². The van der Waals surface area contributed by atoms with Crippen molar-refractivity contribution in [3.8, 4) is 0 Å². The normalized spacial score (nSPS) is 25.3. The zero-order chi connectivity index (χ0) is 27.8. The molecule has 6 unspecified atom stereocenters. The van der Waals surface area contributed by atoms with E-state index in [9.17, 15) is 30.0 Å². The summed E-state index contributed by atoms with van der Waals surface area (Å²) >= 11 is 0. The van der Waals surface area contributed by atoms with Gasteiger partial charge in [0.1, 0.15) is 30.5 Å². The van der Waals surface area contributed by atoms with E-state index in [1.807, 2.05) is 0 Å². The first-order chi connectivity index (χ1) is 18.8. The van der Waals surface area contributed by atoms with E-state index >= 15 is 0 Å². The highest BCUT2D eigenvalue weighted by Crippen LogP contribution is 2.28. The number of carbonyl (C=O) groups is 2. The second-order valence-electron chi connectivity index (χ2n) is 10.1. The number of aromatic nitrogens is 3. The summed E-state index contributed by atoms with van der Waals surface area (Å²) < 4.78 is 10.2. The van der Waals surface area contributed by atoms with Crippen molar-refractivity contribution in [2.75, 3.05) is 11.9 Å². The molecule has 0 aliphatic carbocycles. The number of hydrogen-bond donors (Lipinski definition) is 5. The molecule has 0 bridgehead atoms. The molecule has 12 heteroatoms. The van der Waals surface area contributed by atoms with Gasteiger partial charge in [0, 0.05) is 24.6 Å². The van der Waals surface area contributed by atoms with E-state index in [0.717, 1.165) is 68.6 Å².